The van der Waals surface area contributed by atoms with Gasteiger partial charge in [-0.15, -0.1) is 0 Å². The number of aromatic nitrogens is 2. The van der Waals surface area contributed by atoms with Gasteiger partial charge < -0.3 is 15.2 Å². The summed E-state index contributed by atoms with van der Waals surface area (Å²) >= 11 is 0. The first-order chi connectivity index (χ1) is 9.90. The Bertz CT molecular complexity index is 542. The minimum atomic E-state index is -3.58. The molecule has 0 amide bonds. The van der Waals surface area contributed by atoms with Gasteiger partial charge in [0.15, 0.2) is 10.8 Å². The number of aryl methyl sites for hydroxylation is 1. The molecule has 120 valence electrons. The monoisotopic (exact) mass is 315 g/mol. The highest BCUT2D eigenvalue weighted by Crippen LogP contribution is 2.16. The standard InChI is InChI=1S/C13H25N5O2S/c1-11-4-8-18(9-5-11)7-3-6-16-21(19,20)13-12(14)15-10-17(13)2/h10-11,16H,3-9,14H2,1-2H3. The molecule has 21 heavy (non-hydrogen) atoms. The van der Waals surface area contributed by atoms with Crippen molar-refractivity contribution in [3.05, 3.63) is 6.33 Å². The van der Waals surface area contributed by atoms with Gasteiger partial charge in [0, 0.05) is 13.6 Å². The summed E-state index contributed by atoms with van der Waals surface area (Å²) in [7, 11) is -1.97. The Hall–Kier alpha value is -1.12. The van der Waals surface area contributed by atoms with Gasteiger partial charge in [0.25, 0.3) is 10.0 Å². The minimum Gasteiger partial charge on any atom is -0.381 e. The second-order valence-corrected chi connectivity index (χ2v) is 7.50. The van der Waals surface area contributed by atoms with E-state index >= 15 is 0 Å². The zero-order valence-corrected chi connectivity index (χ0v) is 13.6. The van der Waals surface area contributed by atoms with E-state index in [1.807, 2.05) is 0 Å². The minimum absolute atomic E-state index is 0.0364. The van der Waals surface area contributed by atoms with Crippen molar-refractivity contribution >= 4 is 15.8 Å². The first-order valence-electron chi connectivity index (χ1n) is 7.39. The molecule has 1 aromatic rings. The summed E-state index contributed by atoms with van der Waals surface area (Å²) in [6.45, 7) is 5.85. The first-order valence-corrected chi connectivity index (χ1v) is 8.87. The molecule has 8 heteroatoms. The lowest BCUT2D eigenvalue weighted by atomic mass is 9.99. The number of rotatable bonds is 6. The van der Waals surface area contributed by atoms with Gasteiger partial charge in [-0.25, -0.2) is 18.1 Å². The van der Waals surface area contributed by atoms with Crippen molar-refractivity contribution in [3.8, 4) is 0 Å². The molecular weight excluding hydrogens is 290 g/mol. The van der Waals surface area contributed by atoms with Crippen LogP contribution in [0.25, 0.3) is 0 Å². The number of piperidine rings is 1. The van der Waals surface area contributed by atoms with Crippen molar-refractivity contribution in [1.29, 1.82) is 0 Å². The van der Waals surface area contributed by atoms with E-state index in [0.29, 0.717) is 6.54 Å². The van der Waals surface area contributed by atoms with Gasteiger partial charge in [-0.05, 0) is 44.8 Å². The van der Waals surface area contributed by atoms with Gasteiger partial charge >= 0.3 is 0 Å². The van der Waals surface area contributed by atoms with Crippen molar-refractivity contribution in [3.63, 3.8) is 0 Å². The maximum atomic E-state index is 12.2. The van der Waals surface area contributed by atoms with Crippen LogP contribution >= 0.6 is 0 Å². The number of nitrogens with zero attached hydrogens (tertiary/aromatic N) is 3. The summed E-state index contributed by atoms with van der Waals surface area (Å²) in [4.78, 5) is 6.20. The summed E-state index contributed by atoms with van der Waals surface area (Å²) in [6.07, 6.45) is 4.67. The molecule has 7 nitrogen and oxygen atoms in total. The van der Waals surface area contributed by atoms with E-state index in [4.69, 9.17) is 5.73 Å². The Balaban J connectivity index is 1.78. The maximum Gasteiger partial charge on any atom is 0.260 e. The zero-order chi connectivity index (χ0) is 15.5. The molecule has 0 radical (unpaired) electrons. The highest BCUT2D eigenvalue weighted by atomic mass is 32.2. The molecule has 0 atom stereocenters. The van der Waals surface area contributed by atoms with E-state index < -0.39 is 10.0 Å². The predicted molar refractivity (Wildman–Crippen MR) is 82.3 cm³/mol. The molecule has 1 aliphatic rings. The molecule has 0 saturated carbocycles. The van der Waals surface area contributed by atoms with Crippen LogP contribution in [0.3, 0.4) is 0 Å². The number of nitrogen functional groups attached to an aromatic ring is 1. The van der Waals surface area contributed by atoms with Crippen LogP contribution in [0, 0.1) is 5.92 Å². The molecule has 0 aliphatic carbocycles. The molecule has 0 spiro atoms. The largest absolute Gasteiger partial charge is 0.381 e. The highest BCUT2D eigenvalue weighted by Gasteiger charge is 2.22. The number of anilines is 1. The average Bonchev–Trinajstić information content (AvgIpc) is 2.77. The van der Waals surface area contributed by atoms with Crippen molar-refractivity contribution in [1.82, 2.24) is 19.2 Å². The summed E-state index contributed by atoms with van der Waals surface area (Å²) < 4.78 is 28.3. The van der Waals surface area contributed by atoms with Crippen molar-refractivity contribution in [2.24, 2.45) is 13.0 Å². The predicted octanol–water partition coefficient (Wildman–Crippen LogP) is 0.403. The fraction of sp³-hybridized carbons (Fsp3) is 0.769. The lowest BCUT2D eigenvalue weighted by Gasteiger charge is -2.30. The molecule has 3 N–H and O–H groups in total. The van der Waals surface area contributed by atoms with Crippen LogP contribution < -0.4 is 10.5 Å². The van der Waals surface area contributed by atoms with E-state index in [2.05, 4.69) is 21.5 Å². The fourth-order valence-electron chi connectivity index (χ4n) is 2.63. The van der Waals surface area contributed by atoms with E-state index in [1.165, 1.54) is 23.7 Å². The topological polar surface area (TPSA) is 93.2 Å². The lowest BCUT2D eigenvalue weighted by molar-refractivity contribution is 0.191. The molecule has 0 bridgehead atoms. The molecular formula is C13H25N5O2S. The summed E-state index contributed by atoms with van der Waals surface area (Å²) in [5, 5.41) is 0.0364. The Labute approximate surface area is 126 Å². The number of nitrogens with one attached hydrogen (secondary N) is 1. The van der Waals surface area contributed by atoms with E-state index in [1.54, 1.807) is 7.05 Å². The fourth-order valence-corrected chi connectivity index (χ4v) is 3.93. The molecule has 0 unspecified atom stereocenters. The first kappa shape index (κ1) is 16.3. The maximum absolute atomic E-state index is 12.2. The quantitative estimate of drug-likeness (QED) is 0.741. The molecule has 1 saturated heterocycles. The Kier molecular flexibility index (Phi) is 5.23. The third-order valence-electron chi connectivity index (χ3n) is 3.98. The second-order valence-electron chi connectivity index (χ2n) is 5.82. The molecule has 0 aromatic carbocycles. The van der Waals surface area contributed by atoms with Crippen molar-refractivity contribution in [2.45, 2.75) is 31.2 Å². The number of likely N-dealkylation sites (tertiary alicyclic amines) is 1. The number of nitrogens with two attached hydrogens (primary N) is 1. The Morgan fingerprint density at radius 1 is 1.43 bits per heavy atom. The smallest absolute Gasteiger partial charge is 0.260 e. The highest BCUT2D eigenvalue weighted by molar-refractivity contribution is 7.89. The van der Waals surface area contributed by atoms with Crippen LogP contribution in [0.4, 0.5) is 5.82 Å². The number of sulfonamides is 1. The van der Waals surface area contributed by atoms with Gasteiger partial charge in [-0.2, -0.15) is 0 Å². The van der Waals surface area contributed by atoms with E-state index in [9.17, 15) is 8.42 Å². The van der Waals surface area contributed by atoms with Gasteiger partial charge in [0.1, 0.15) is 0 Å². The third kappa shape index (κ3) is 4.18. The van der Waals surface area contributed by atoms with Gasteiger partial charge in [-0.3, -0.25) is 0 Å². The summed E-state index contributed by atoms with van der Waals surface area (Å²) in [6, 6.07) is 0. The number of hydrogen-bond acceptors (Lipinski definition) is 5. The summed E-state index contributed by atoms with van der Waals surface area (Å²) in [5.41, 5.74) is 5.60. The molecule has 2 rings (SSSR count). The Morgan fingerprint density at radius 2 is 2.10 bits per heavy atom. The summed E-state index contributed by atoms with van der Waals surface area (Å²) in [5.74, 6) is 0.850. The van der Waals surface area contributed by atoms with Crippen LogP contribution in [0.1, 0.15) is 26.2 Å². The Morgan fingerprint density at radius 3 is 2.67 bits per heavy atom. The SMILES string of the molecule is CC1CCN(CCCNS(=O)(=O)c2c(N)ncn2C)CC1. The van der Waals surface area contributed by atoms with Crippen molar-refractivity contribution in [2.75, 3.05) is 31.9 Å². The van der Waals surface area contributed by atoms with Crippen molar-refractivity contribution < 1.29 is 8.42 Å². The molecule has 2 heterocycles. The molecule has 1 aliphatic heterocycles. The normalized spacial score (nSPS) is 18.2. The third-order valence-corrected chi connectivity index (χ3v) is 5.57. The van der Waals surface area contributed by atoms with E-state index in [0.717, 1.165) is 32.0 Å². The van der Waals surface area contributed by atoms with E-state index in [-0.39, 0.29) is 10.8 Å². The zero-order valence-electron chi connectivity index (χ0n) is 12.7. The van der Waals surface area contributed by atoms with Gasteiger partial charge in [0.2, 0.25) is 0 Å². The second kappa shape index (κ2) is 6.76. The number of hydrogen-bond donors (Lipinski definition) is 2. The van der Waals surface area contributed by atoms with Crippen LogP contribution in [-0.4, -0.2) is 49.0 Å². The number of imidazole rings is 1. The van der Waals surface area contributed by atoms with Gasteiger partial charge in [-0.1, -0.05) is 6.92 Å². The van der Waals surface area contributed by atoms with Crippen LogP contribution in [-0.2, 0) is 17.1 Å². The van der Waals surface area contributed by atoms with Gasteiger partial charge in [0.05, 0.1) is 6.33 Å². The molecule has 1 aromatic heterocycles. The van der Waals surface area contributed by atoms with Crippen LogP contribution in [0.5, 0.6) is 0 Å². The lowest BCUT2D eigenvalue weighted by Crippen LogP contribution is -2.35. The molecule has 1 fully saturated rings. The average molecular weight is 315 g/mol. The van der Waals surface area contributed by atoms with Crippen LogP contribution in [0.2, 0.25) is 0 Å². The van der Waals surface area contributed by atoms with Crippen LogP contribution in [0.15, 0.2) is 11.4 Å².